The van der Waals surface area contributed by atoms with E-state index in [-0.39, 0.29) is 11.6 Å². The molecule has 2 nitrogen and oxygen atoms in total. The molecule has 0 saturated carbocycles. The summed E-state index contributed by atoms with van der Waals surface area (Å²) < 4.78 is 0. The van der Waals surface area contributed by atoms with Crippen molar-refractivity contribution in [1.82, 2.24) is 0 Å². The number of nitrogens with zero attached hydrogens (tertiary/aromatic N) is 1. The lowest BCUT2D eigenvalue weighted by molar-refractivity contribution is 0.446. The number of nitrogens with two attached hydrogens (primary N) is 1. The SMILES string of the molecule is CCC(C)(C)N1CC(N)c2ccccc21. The number of benzene rings is 1. The Hall–Kier alpha value is -1.02. The van der Waals surface area contributed by atoms with Gasteiger partial charge in [0.15, 0.2) is 0 Å². The normalized spacial score (nSPS) is 20.5. The Morgan fingerprint density at radius 1 is 1.40 bits per heavy atom. The van der Waals surface area contributed by atoms with E-state index < -0.39 is 0 Å². The van der Waals surface area contributed by atoms with E-state index in [4.69, 9.17) is 5.73 Å². The van der Waals surface area contributed by atoms with Gasteiger partial charge in [-0.05, 0) is 31.9 Å². The molecule has 15 heavy (non-hydrogen) atoms. The number of hydrogen-bond donors (Lipinski definition) is 1. The molecule has 0 spiro atoms. The van der Waals surface area contributed by atoms with E-state index in [0.29, 0.717) is 0 Å². The average Bonchev–Trinajstić information content (AvgIpc) is 2.58. The van der Waals surface area contributed by atoms with Crippen molar-refractivity contribution < 1.29 is 0 Å². The van der Waals surface area contributed by atoms with Gasteiger partial charge < -0.3 is 10.6 Å². The molecule has 1 unspecified atom stereocenters. The van der Waals surface area contributed by atoms with Crippen LogP contribution in [0.3, 0.4) is 0 Å². The van der Waals surface area contributed by atoms with Gasteiger partial charge in [-0.3, -0.25) is 0 Å². The first-order chi connectivity index (χ1) is 7.06. The van der Waals surface area contributed by atoms with Gasteiger partial charge in [0.1, 0.15) is 0 Å². The Morgan fingerprint density at radius 2 is 2.07 bits per heavy atom. The van der Waals surface area contributed by atoms with Gasteiger partial charge in [-0.2, -0.15) is 0 Å². The molecular formula is C13H20N2. The predicted molar refractivity (Wildman–Crippen MR) is 65.1 cm³/mol. The molecule has 0 aromatic heterocycles. The van der Waals surface area contributed by atoms with Gasteiger partial charge in [0, 0.05) is 23.8 Å². The molecular weight excluding hydrogens is 184 g/mol. The molecule has 2 heteroatoms. The maximum atomic E-state index is 6.15. The van der Waals surface area contributed by atoms with Crippen molar-refractivity contribution >= 4 is 5.69 Å². The fourth-order valence-electron chi connectivity index (χ4n) is 2.20. The van der Waals surface area contributed by atoms with E-state index in [1.165, 1.54) is 11.3 Å². The van der Waals surface area contributed by atoms with Crippen molar-refractivity contribution in [3.05, 3.63) is 29.8 Å². The van der Waals surface area contributed by atoms with E-state index in [1.54, 1.807) is 0 Å². The molecule has 0 radical (unpaired) electrons. The lowest BCUT2D eigenvalue weighted by atomic mass is 9.99. The van der Waals surface area contributed by atoms with Crippen LogP contribution in [-0.2, 0) is 0 Å². The molecule has 2 N–H and O–H groups in total. The second-order valence-electron chi connectivity index (χ2n) is 4.94. The van der Waals surface area contributed by atoms with Crippen LogP contribution in [0.15, 0.2) is 24.3 Å². The zero-order valence-corrected chi connectivity index (χ0v) is 9.83. The third-order valence-electron chi connectivity index (χ3n) is 3.60. The van der Waals surface area contributed by atoms with Crippen LogP contribution in [-0.4, -0.2) is 12.1 Å². The lowest BCUT2D eigenvalue weighted by Gasteiger charge is -2.37. The van der Waals surface area contributed by atoms with Crippen LogP contribution in [0, 0.1) is 0 Å². The van der Waals surface area contributed by atoms with Crippen LogP contribution in [0.4, 0.5) is 5.69 Å². The number of rotatable bonds is 2. The average molecular weight is 204 g/mol. The second-order valence-corrected chi connectivity index (χ2v) is 4.94. The van der Waals surface area contributed by atoms with Gasteiger partial charge in [0.2, 0.25) is 0 Å². The molecule has 0 fully saturated rings. The Bertz CT molecular complexity index is 357. The second kappa shape index (κ2) is 3.53. The summed E-state index contributed by atoms with van der Waals surface area (Å²) in [5.74, 6) is 0. The molecule has 82 valence electrons. The molecule has 0 aliphatic carbocycles. The van der Waals surface area contributed by atoms with Gasteiger partial charge in [0.05, 0.1) is 0 Å². The van der Waals surface area contributed by atoms with E-state index in [1.807, 2.05) is 0 Å². The molecule has 1 aromatic rings. The maximum Gasteiger partial charge on any atom is 0.0494 e. The summed E-state index contributed by atoms with van der Waals surface area (Å²) in [6.07, 6.45) is 1.13. The predicted octanol–water partition coefficient (Wildman–Crippen LogP) is 2.70. The Kier molecular flexibility index (Phi) is 2.47. The van der Waals surface area contributed by atoms with Crippen molar-refractivity contribution in [3.8, 4) is 0 Å². The van der Waals surface area contributed by atoms with E-state index >= 15 is 0 Å². The summed E-state index contributed by atoms with van der Waals surface area (Å²) in [6.45, 7) is 7.73. The third-order valence-corrected chi connectivity index (χ3v) is 3.60. The molecule has 0 amide bonds. The van der Waals surface area contributed by atoms with E-state index in [2.05, 4.69) is 49.9 Å². The van der Waals surface area contributed by atoms with Crippen molar-refractivity contribution in [2.24, 2.45) is 5.73 Å². The zero-order valence-electron chi connectivity index (χ0n) is 9.83. The smallest absolute Gasteiger partial charge is 0.0494 e. The monoisotopic (exact) mass is 204 g/mol. The highest BCUT2D eigenvalue weighted by molar-refractivity contribution is 5.61. The molecule has 0 saturated heterocycles. The highest BCUT2D eigenvalue weighted by Crippen LogP contribution is 2.38. The van der Waals surface area contributed by atoms with Crippen molar-refractivity contribution in [3.63, 3.8) is 0 Å². The van der Waals surface area contributed by atoms with Crippen molar-refractivity contribution in [2.45, 2.75) is 38.8 Å². The van der Waals surface area contributed by atoms with E-state index in [0.717, 1.165) is 13.0 Å². The van der Waals surface area contributed by atoms with Gasteiger partial charge in [-0.1, -0.05) is 25.1 Å². The summed E-state index contributed by atoms with van der Waals surface area (Å²) in [4.78, 5) is 2.44. The van der Waals surface area contributed by atoms with Crippen LogP contribution in [0.5, 0.6) is 0 Å². The van der Waals surface area contributed by atoms with Gasteiger partial charge in [0.25, 0.3) is 0 Å². The van der Waals surface area contributed by atoms with Crippen molar-refractivity contribution in [1.29, 1.82) is 0 Å². The third kappa shape index (κ3) is 1.63. The van der Waals surface area contributed by atoms with Gasteiger partial charge in [-0.25, -0.2) is 0 Å². The van der Waals surface area contributed by atoms with Crippen LogP contribution in [0.1, 0.15) is 38.8 Å². The molecule has 2 rings (SSSR count). The summed E-state index contributed by atoms with van der Waals surface area (Å²) in [5, 5.41) is 0. The number of anilines is 1. The minimum Gasteiger partial charge on any atom is -0.364 e. The van der Waals surface area contributed by atoms with Crippen LogP contribution in [0.2, 0.25) is 0 Å². The summed E-state index contributed by atoms with van der Waals surface area (Å²) in [6, 6.07) is 8.66. The Morgan fingerprint density at radius 3 is 2.73 bits per heavy atom. The lowest BCUT2D eigenvalue weighted by Crippen LogP contribution is -2.43. The van der Waals surface area contributed by atoms with Gasteiger partial charge >= 0.3 is 0 Å². The minimum atomic E-state index is 0.173. The topological polar surface area (TPSA) is 29.3 Å². The first-order valence-electron chi connectivity index (χ1n) is 5.68. The standard InChI is InChI=1S/C13H20N2/c1-4-13(2,3)15-9-11(14)10-7-5-6-8-12(10)15/h5-8,11H,4,9,14H2,1-3H3. The number of para-hydroxylation sites is 1. The maximum absolute atomic E-state index is 6.15. The summed E-state index contributed by atoms with van der Waals surface area (Å²) >= 11 is 0. The minimum absolute atomic E-state index is 0.173. The van der Waals surface area contributed by atoms with Gasteiger partial charge in [-0.15, -0.1) is 0 Å². The first kappa shape index (κ1) is 10.5. The summed E-state index contributed by atoms with van der Waals surface area (Å²) in [7, 11) is 0. The number of fused-ring (bicyclic) bond motifs is 1. The quantitative estimate of drug-likeness (QED) is 0.802. The fourth-order valence-corrected chi connectivity index (χ4v) is 2.20. The Labute approximate surface area is 92.1 Å². The largest absolute Gasteiger partial charge is 0.364 e. The molecule has 1 aromatic carbocycles. The molecule has 1 aliphatic heterocycles. The molecule has 1 heterocycles. The Balaban J connectivity index is 2.41. The molecule has 0 bridgehead atoms. The van der Waals surface area contributed by atoms with Crippen LogP contribution < -0.4 is 10.6 Å². The zero-order chi connectivity index (χ0) is 11.1. The highest BCUT2D eigenvalue weighted by atomic mass is 15.2. The first-order valence-corrected chi connectivity index (χ1v) is 5.68. The van der Waals surface area contributed by atoms with Crippen LogP contribution >= 0.6 is 0 Å². The fraction of sp³-hybridized carbons (Fsp3) is 0.538. The summed E-state index contributed by atoms with van der Waals surface area (Å²) in [5.41, 5.74) is 8.95. The molecule has 1 aliphatic rings. The molecule has 1 atom stereocenters. The highest BCUT2D eigenvalue weighted by Gasteiger charge is 2.33. The van der Waals surface area contributed by atoms with Crippen molar-refractivity contribution in [2.75, 3.05) is 11.4 Å². The van der Waals surface area contributed by atoms with Crippen LogP contribution in [0.25, 0.3) is 0 Å². The number of hydrogen-bond acceptors (Lipinski definition) is 2. The van der Waals surface area contributed by atoms with E-state index in [9.17, 15) is 0 Å².